The van der Waals surface area contributed by atoms with Crippen LogP contribution in [0.1, 0.15) is 123 Å². The van der Waals surface area contributed by atoms with Crippen molar-refractivity contribution in [2.24, 2.45) is 23.2 Å². The quantitative estimate of drug-likeness (QED) is 0.431. The van der Waals surface area contributed by atoms with Crippen molar-refractivity contribution in [3.05, 3.63) is 0 Å². The summed E-state index contributed by atoms with van der Waals surface area (Å²) in [6.07, 6.45) is 23.9. The van der Waals surface area contributed by atoms with E-state index in [2.05, 4.69) is 6.92 Å². The Morgan fingerprint density at radius 3 is 2.11 bits per heavy atom. The summed E-state index contributed by atoms with van der Waals surface area (Å²) in [5, 5.41) is 0. The van der Waals surface area contributed by atoms with Gasteiger partial charge in [0.05, 0.1) is 0 Å². The Labute approximate surface area is 168 Å². The van der Waals surface area contributed by atoms with Crippen LogP contribution in [0.4, 0.5) is 0 Å². The molecule has 1 unspecified atom stereocenters. The van der Waals surface area contributed by atoms with Gasteiger partial charge in [-0.2, -0.15) is 0 Å². The molecule has 3 aliphatic carbocycles. The minimum atomic E-state index is -0.0912. The van der Waals surface area contributed by atoms with Crippen LogP contribution in [-0.4, -0.2) is 12.1 Å². The van der Waals surface area contributed by atoms with Gasteiger partial charge in [-0.1, -0.05) is 71.1 Å². The highest BCUT2D eigenvalue weighted by Crippen LogP contribution is 2.52. The first-order valence-corrected chi connectivity index (χ1v) is 12.3. The van der Waals surface area contributed by atoms with Crippen molar-refractivity contribution >= 4 is 5.97 Å². The van der Waals surface area contributed by atoms with E-state index < -0.39 is 0 Å². The van der Waals surface area contributed by atoms with E-state index in [1.807, 2.05) is 0 Å². The van der Waals surface area contributed by atoms with Crippen LogP contribution in [0.2, 0.25) is 0 Å². The first-order valence-electron chi connectivity index (χ1n) is 12.3. The Bertz CT molecular complexity index is 437. The third kappa shape index (κ3) is 5.97. The molecule has 0 saturated heterocycles. The molecule has 2 nitrogen and oxygen atoms in total. The van der Waals surface area contributed by atoms with E-state index >= 15 is 0 Å². The van der Waals surface area contributed by atoms with E-state index in [-0.39, 0.29) is 12.1 Å². The van der Waals surface area contributed by atoms with Crippen LogP contribution in [0.5, 0.6) is 0 Å². The Hall–Kier alpha value is -0.530. The summed E-state index contributed by atoms with van der Waals surface area (Å²) < 4.78 is 5.55. The fourth-order valence-electron chi connectivity index (χ4n) is 6.81. The van der Waals surface area contributed by atoms with Crippen LogP contribution in [-0.2, 0) is 9.53 Å². The summed E-state index contributed by atoms with van der Waals surface area (Å²) in [6, 6.07) is 0. The lowest BCUT2D eigenvalue weighted by molar-refractivity contribution is -0.150. The lowest BCUT2D eigenvalue weighted by Crippen LogP contribution is -2.38. The summed E-state index contributed by atoms with van der Waals surface area (Å²) in [5.41, 5.74) is 0.559. The van der Waals surface area contributed by atoms with Crippen molar-refractivity contribution < 1.29 is 9.53 Å². The monoisotopic (exact) mass is 376 g/mol. The number of hydrogen-bond donors (Lipinski definition) is 0. The molecule has 0 spiro atoms. The molecule has 3 saturated carbocycles. The topological polar surface area (TPSA) is 26.3 Å². The zero-order chi connectivity index (χ0) is 19.1. The molecule has 27 heavy (non-hydrogen) atoms. The van der Waals surface area contributed by atoms with Crippen LogP contribution >= 0.6 is 0 Å². The molecule has 156 valence electrons. The normalized spacial score (nSPS) is 32.1. The van der Waals surface area contributed by atoms with Crippen LogP contribution < -0.4 is 0 Å². The molecule has 3 fully saturated rings. The Balaban J connectivity index is 1.53. The SMILES string of the molecule is CC(=O)OC1CCC(CCCC(C)C2CCCCC2)(C2CCCCC2)CC1. The predicted octanol–water partition coefficient (Wildman–Crippen LogP) is 7.45. The Kier molecular flexibility index (Phi) is 8.09. The number of carbonyl (C=O) groups is 1. The molecule has 0 bridgehead atoms. The number of hydrogen-bond acceptors (Lipinski definition) is 2. The van der Waals surface area contributed by atoms with E-state index in [1.54, 1.807) is 6.92 Å². The molecular formula is C25H44O2. The maximum absolute atomic E-state index is 11.4. The summed E-state index contributed by atoms with van der Waals surface area (Å²) in [4.78, 5) is 11.4. The Morgan fingerprint density at radius 1 is 0.926 bits per heavy atom. The minimum Gasteiger partial charge on any atom is -0.463 e. The summed E-state index contributed by atoms with van der Waals surface area (Å²) in [5.74, 6) is 2.77. The number of esters is 1. The molecule has 0 heterocycles. The maximum Gasteiger partial charge on any atom is 0.302 e. The lowest BCUT2D eigenvalue weighted by Gasteiger charge is -2.47. The fourth-order valence-corrected chi connectivity index (χ4v) is 6.81. The van der Waals surface area contributed by atoms with Crippen molar-refractivity contribution in [2.45, 2.75) is 129 Å². The third-order valence-electron chi connectivity index (χ3n) is 8.52. The van der Waals surface area contributed by atoms with Gasteiger partial charge in [-0.25, -0.2) is 0 Å². The predicted molar refractivity (Wildman–Crippen MR) is 113 cm³/mol. The van der Waals surface area contributed by atoms with Gasteiger partial charge in [0.25, 0.3) is 0 Å². The largest absolute Gasteiger partial charge is 0.463 e. The molecular weight excluding hydrogens is 332 g/mol. The zero-order valence-corrected chi connectivity index (χ0v) is 18.1. The second kappa shape index (κ2) is 10.3. The molecule has 1 atom stereocenters. The van der Waals surface area contributed by atoms with Gasteiger partial charge in [0.15, 0.2) is 0 Å². The summed E-state index contributed by atoms with van der Waals surface area (Å²) in [6.45, 7) is 4.09. The van der Waals surface area contributed by atoms with Gasteiger partial charge < -0.3 is 4.74 Å². The van der Waals surface area contributed by atoms with Crippen molar-refractivity contribution in [1.82, 2.24) is 0 Å². The number of rotatable bonds is 7. The highest BCUT2D eigenvalue weighted by atomic mass is 16.5. The molecule has 0 N–H and O–H groups in total. The highest BCUT2D eigenvalue weighted by molar-refractivity contribution is 5.66. The van der Waals surface area contributed by atoms with Crippen molar-refractivity contribution in [1.29, 1.82) is 0 Å². The molecule has 0 aliphatic heterocycles. The van der Waals surface area contributed by atoms with Gasteiger partial charge in [-0.3, -0.25) is 4.79 Å². The lowest BCUT2D eigenvalue weighted by atomic mass is 9.59. The first kappa shape index (κ1) is 21.2. The van der Waals surface area contributed by atoms with Crippen molar-refractivity contribution in [2.75, 3.05) is 0 Å². The molecule has 3 aliphatic rings. The number of ether oxygens (including phenoxy) is 1. The standard InChI is InChI=1S/C25H44O2/c1-20(22-11-5-3-6-12-22)10-9-17-25(23-13-7-4-8-14-23)18-15-24(16-19-25)27-21(2)26/h20,22-24H,3-19H2,1-2H3. The second-order valence-corrected chi connectivity index (χ2v) is 10.3. The van der Waals surface area contributed by atoms with E-state index in [0.717, 1.165) is 30.6 Å². The number of carbonyl (C=O) groups excluding carboxylic acids is 1. The van der Waals surface area contributed by atoms with Crippen molar-refractivity contribution in [3.8, 4) is 0 Å². The molecule has 0 amide bonds. The molecule has 3 rings (SSSR count). The zero-order valence-electron chi connectivity index (χ0n) is 18.1. The average molecular weight is 377 g/mol. The van der Waals surface area contributed by atoms with Crippen LogP contribution in [0.3, 0.4) is 0 Å². The van der Waals surface area contributed by atoms with Crippen LogP contribution in [0.25, 0.3) is 0 Å². The van der Waals surface area contributed by atoms with E-state index in [4.69, 9.17) is 4.74 Å². The molecule has 0 aromatic carbocycles. The van der Waals surface area contributed by atoms with Crippen LogP contribution in [0, 0.1) is 23.2 Å². The van der Waals surface area contributed by atoms with Gasteiger partial charge in [0.1, 0.15) is 6.10 Å². The molecule has 0 radical (unpaired) electrons. The van der Waals surface area contributed by atoms with E-state index in [9.17, 15) is 4.79 Å². The minimum absolute atomic E-state index is 0.0912. The molecule has 2 heteroatoms. The van der Waals surface area contributed by atoms with Gasteiger partial charge >= 0.3 is 5.97 Å². The van der Waals surface area contributed by atoms with Crippen LogP contribution in [0.15, 0.2) is 0 Å². The fraction of sp³-hybridized carbons (Fsp3) is 0.960. The van der Waals surface area contributed by atoms with Gasteiger partial charge in [0.2, 0.25) is 0 Å². The molecule has 0 aromatic heterocycles. The van der Waals surface area contributed by atoms with Crippen molar-refractivity contribution in [3.63, 3.8) is 0 Å². The van der Waals surface area contributed by atoms with Gasteiger partial charge in [-0.15, -0.1) is 0 Å². The summed E-state index contributed by atoms with van der Waals surface area (Å²) in [7, 11) is 0. The third-order valence-corrected chi connectivity index (χ3v) is 8.52. The second-order valence-electron chi connectivity index (χ2n) is 10.3. The average Bonchev–Trinajstić information content (AvgIpc) is 2.70. The smallest absolute Gasteiger partial charge is 0.302 e. The Morgan fingerprint density at radius 2 is 1.52 bits per heavy atom. The van der Waals surface area contributed by atoms with Gasteiger partial charge in [0, 0.05) is 6.92 Å². The van der Waals surface area contributed by atoms with Gasteiger partial charge in [-0.05, 0) is 68.1 Å². The highest BCUT2D eigenvalue weighted by Gasteiger charge is 2.42. The van der Waals surface area contributed by atoms with E-state index in [0.29, 0.717) is 5.41 Å². The summed E-state index contributed by atoms with van der Waals surface area (Å²) >= 11 is 0. The maximum atomic E-state index is 11.4. The first-order chi connectivity index (χ1) is 13.1. The molecule has 0 aromatic rings. The van der Waals surface area contributed by atoms with E-state index in [1.165, 1.54) is 96.3 Å².